The van der Waals surface area contributed by atoms with Crippen molar-refractivity contribution in [3.05, 3.63) is 59.7 Å². The predicted octanol–water partition coefficient (Wildman–Crippen LogP) is -4.46. The Labute approximate surface area is 220 Å². The first-order valence-corrected chi connectivity index (χ1v) is 8.00. The smallest absolute Gasteiger partial charge is 0.811 e. The van der Waals surface area contributed by atoms with Crippen LogP contribution < -0.4 is 113 Å². The van der Waals surface area contributed by atoms with Gasteiger partial charge in [-0.05, 0) is 41.1 Å². The molecule has 0 spiro atoms. The molecule has 2 aromatic rings. The molecule has 8 heteroatoms. The van der Waals surface area contributed by atoms with Gasteiger partial charge >= 0.3 is 103 Å². The molecule has 5 nitrogen and oxygen atoms in total. The van der Waals surface area contributed by atoms with Gasteiger partial charge < -0.3 is 24.6 Å². The Bertz CT molecular complexity index is 609. The molecule has 0 saturated heterocycles. The van der Waals surface area contributed by atoms with Crippen LogP contribution in [0.1, 0.15) is 24.0 Å². The van der Waals surface area contributed by atoms with Crippen molar-refractivity contribution in [2.45, 2.75) is 18.5 Å². The van der Waals surface area contributed by atoms with Gasteiger partial charge in [0, 0.05) is 5.92 Å². The average molecular weight is 384 g/mol. The van der Waals surface area contributed by atoms with E-state index in [1.54, 1.807) is 24.3 Å². The van der Waals surface area contributed by atoms with E-state index in [1.807, 2.05) is 0 Å². The largest absolute Gasteiger partial charge is 1.00 e. The SMILES string of the molecule is CC(C(c1ccc(O)cc1)c1ccc(O)cc1)P(=O)([O-])[O-].[K+].[K+]. The third-order valence-corrected chi connectivity index (χ3v) is 4.78. The van der Waals surface area contributed by atoms with Crippen LogP contribution >= 0.6 is 7.60 Å². The van der Waals surface area contributed by atoms with Crippen LogP contribution in [0.5, 0.6) is 11.5 Å². The zero-order chi connectivity index (χ0) is 15.6. The average Bonchev–Trinajstić information content (AvgIpc) is 2.42. The summed E-state index contributed by atoms with van der Waals surface area (Å²) in [5, 5.41) is 18.7. The maximum absolute atomic E-state index is 11.4. The van der Waals surface area contributed by atoms with Gasteiger partial charge in [-0.15, -0.1) is 0 Å². The van der Waals surface area contributed by atoms with Gasteiger partial charge in [-0.25, -0.2) is 0 Å². The van der Waals surface area contributed by atoms with Crippen molar-refractivity contribution < 1.29 is 127 Å². The zero-order valence-electron chi connectivity index (χ0n) is 13.3. The minimum absolute atomic E-state index is 0. The Morgan fingerprint density at radius 2 is 1.13 bits per heavy atom. The van der Waals surface area contributed by atoms with E-state index in [9.17, 15) is 24.6 Å². The first kappa shape index (κ1) is 24.5. The molecule has 0 bridgehead atoms. The van der Waals surface area contributed by atoms with Crippen LogP contribution in [0, 0.1) is 0 Å². The molecule has 2 rings (SSSR count). The van der Waals surface area contributed by atoms with Crippen LogP contribution in [0.3, 0.4) is 0 Å². The summed E-state index contributed by atoms with van der Waals surface area (Å²) in [4.78, 5) is 22.9. The van der Waals surface area contributed by atoms with Gasteiger partial charge in [0.1, 0.15) is 11.5 Å². The summed E-state index contributed by atoms with van der Waals surface area (Å²) in [6, 6.07) is 12.1. The summed E-state index contributed by atoms with van der Waals surface area (Å²) in [5.74, 6) is -0.543. The molecule has 0 heterocycles. The summed E-state index contributed by atoms with van der Waals surface area (Å²) in [7, 11) is -4.79. The third-order valence-electron chi connectivity index (χ3n) is 3.49. The predicted molar refractivity (Wildman–Crippen MR) is 75.1 cm³/mol. The van der Waals surface area contributed by atoms with Crippen LogP contribution in [0.25, 0.3) is 0 Å². The summed E-state index contributed by atoms with van der Waals surface area (Å²) < 4.78 is 11.4. The Balaban J connectivity index is 0.00000242. The first-order valence-electron chi connectivity index (χ1n) is 6.38. The van der Waals surface area contributed by atoms with E-state index in [0.29, 0.717) is 11.1 Å². The fraction of sp³-hybridized carbons (Fsp3) is 0.200. The van der Waals surface area contributed by atoms with Gasteiger partial charge in [-0.2, -0.15) is 0 Å². The molecule has 2 N–H and O–H groups in total. The number of aromatic hydroxyl groups is 2. The third kappa shape index (κ3) is 6.94. The Kier molecular flexibility index (Phi) is 11.2. The minimum Gasteiger partial charge on any atom is -0.811 e. The number of hydrogen-bond donors (Lipinski definition) is 2. The molecule has 0 aliphatic carbocycles. The Hall–Kier alpha value is 1.46. The van der Waals surface area contributed by atoms with Gasteiger partial charge in [0.25, 0.3) is 0 Å². The molecule has 0 radical (unpaired) electrons. The maximum Gasteiger partial charge on any atom is 1.00 e. The maximum atomic E-state index is 11.4. The molecule has 0 fully saturated rings. The van der Waals surface area contributed by atoms with Gasteiger partial charge in [-0.3, -0.25) is 0 Å². The topological polar surface area (TPSA) is 104 Å². The molecule has 0 amide bonds. The summed E-state index contributed by atoms with van der Waals surface area (Å²) in [6.45, 7) is 1.37. The number of phenols is 2. The molecule has 112 valence electrons. The van der Waals surface area contributed by atoms with Crippen molar-refractivity contribution >= 4 is 7.60 Å². The van der Waals surface area contributed by atoms with Crippen molar-refractivity contribution in [2.24, 2.45) is 0 Å². The van der Waals surface area contributed by atoms with Crippen LogP contribution in [0.2, 0.25) is 0 Å². The van der Waals surface area contributed by atoms with Crippen molar-refractivity contribution in [3.63, 3.8) is 0 Å². The zero-order valence-corrected chi connectivity index (χ0v) is 20.5. The van der Waals surface area contributed by atoms with Crippen LogP contribution in [-0.2, 0) is 4.57 Å². The van der Waals surface area contributed by atoms with Crippen LogP contribution in [-0.4, -0.2) is 15.9 Å². The molecular weight excluding hydrogens is 369 g/mol. The molecule has 1 unspecified atom stereocenters. The summed E-state index contributed by atoms with van der Waals surface area (Å²) >= 11 is 0. The van der Waals surface area contributed by atoms with Crippen LogP contribution in [0.15, 0.2) is 48.5 Å². The quantitative estimate of drug-likeness (QED) is 0.409. The van der Waals surface area contributed by atoms with Crippen molar-refractivity contribution in [1.29, 1.82) is 0 Å². The Morgan fingerprint density at radius 1 is 0.826 bits per heavy atom. The minimum atomic E-state index is -4.79. The number of phenolic OH excluding ortho intramolecular Hbond substituents is 2. The van der Waals surface area contributed by atoms with Crippen molar-refractivity contribution in [1.82, 2.24) is 0 Å². The van der Waals surface area contributed by atoms with E-state index >= 15 is 0 Å². The molecular formula is C15H15K2O5P. The van der Waals surface area contributed by atoms with E-state index in [2.05, 4.69) is 0 Å². The molecule has 0 aliphatic heterocycles. The molecule has 1 atom stereocenters. The van der Waals surface area contributed by atoms with Gasteiger partial charge in [0.05, 0.1) is 0 Å². The number of benzene rings is 2. The summed E-state index contributed by atoms with van der Waals surface area (Å²) in [6.07, 6.45) is 0. The summed E-state index contributed by atoms with van der Waals surface area (Å²) in [5.41, 5.74) is 0.0717. The monoisotopic (exact) mass is 384 g/mol. The number of hydrogen-bond acceptors (Lipinski definition) is 5. The molecule has 0 saturated carbocycles. The van der Waals surface area contributed by atoms with Gasteiger partial charge in [0.15, 0.2) is 0 Å². The normalized spacial score (nSPS) is 12.2. The van der Waals surface area contributed by atoms with E-state index in [4.69, 9.17) is 0 Å². The fourth-order valence-corrected chi connectivity index (χ4v) is 3.00. The molecule has 23 heavy (non-hydrogen) atoms. The van der Waals surface area contributed by atoms with Gasteiger partial charge in [-0.1, -0.05) is 38.8 Å². The second-order valence-electron chi connectivity index (χ2n) is 4.94. The standard InChI is InChI=1S/C15H17O5P.2K/c1-10(21(18,19)20)15(11-2-6-13(16)7-3-11)12-4-8-14(17)9-5-12;;/h2-10,15-17H,1H3,(H2,18,19,20);;/q;2*+1/p-2. The number of rotatable bonds is 4. The molecule has 0 aromatic heterocycles. The fourth-order valence-electron chi connectivity index (χ4n) is 2.30. The molecule has 2 aromatic carbocycles. The van der Waals surface area contributed by atoms with Crippen LogP contribution in [0.4, 0.5) is 0 Å². The second kappa shape index (κ2) is 10.6. The first-order chi connectivity index (χ1) is 9.79. The van der Waals surface area contributed by atoms with E-state index in [1.165, 1.54) is 31.2 Å². The van der Waals surface area contributed by atoms with Gasteiger partial charge in [0.2, 0.25) is 0 Å². The van der Waals surface area contributed by atoms with E-state index < -0.39 is 19.2 Å². The van der Waals surface area contributed by atoms with E-state index in [-0.39, 0.29) is 114 Å². The Morgan fingerprint density at radius 3 is 1.39 bits per heavy atom. The van der Waals surface area contributed by atoms with Crippen molar-refractivity contribution in [3.8, 4) is 11.5 Å². The molecule has 0 aliphatic rings. The van der Waals surface area contributed by atoms with E-state index in [0.717, 1.165) is 0 Å². The van der Waals surface area contributed by atoms with Crippen molar-refractivity contribution in [2.75, 3.05) is 0 Å². The second-order valence-corrected chi connectivity index (χ2v) is 6.84.